The first-order valence-electron chi connectivity index (χ1n) is 10.9. The van der Waals surface area contributed by atoms with Gasteiger partial charge in [-0.05, 0) is 38.1 Å². The van der Waals surface area contributed by atoms with Crippen molar-refractivity contribution in [2.75, 3.05) is 11.4 Å². The first-order chi connectivity index (χ1) is 16.5. The van der Waals surface area contributed by atoms with E-state index >= 15 is 0 Å². The highest BCUT2D eigenvalue weighted by atomic mass is 35.5. The quantitative estimate of drug-likeness (QED) is 0.542. The molecule has 1 saturated carbocycles. The number of hydrogen-bond acceptors (Lipinski definition) is 4. The van der Waals surface area contributed by atoms with E-state index in [1.807, 2.05) is 0 Å². The molecule has 0 aromatic heterocycles. The molecule has 3 rings (SSSR count). The maximum absolute atomic E-state index is 14.1. The summed E-state index contributed by atoms with van der Waals surface area (Å²) in [5.74, 6) is -5.11. The fourth-order valence-corrected chi connectivity index (χ4v) is 3.93. The number of hydrogen-bond donors (Lipinski definition) is 2. The number of carbonyl (C=O) groups is 3. The lowest BCUT2D eigenvalue weighted by Crippen LogP contribution is -2.54. The van der Waals surface area contributed by atoms with Crippen molar-refractivity contribution in [1.82, 2.24) is 10.6 Å². The lowest BCUT2D eigenvalue weighted by Gasteiger charge is -2.38. The van der Waals surface area contributed by atoms with E-state index in [1.54, 1.807) is 26.0 Å². The van der Waals surface area contributed by atoms with Gasteiger partial charge in [0.15, 0.2) is 0 Å². The summed E-state index contributed by atoms with van der Waals surface area (Å²) < 4.78 is 45.8. The van der Waals surface area contributed by atoms with Crippen molar-refractivity contribution in [2.45, 2.75) is 50.8 Å². The highest BCUT2D eigenvalue weighted by molar-refractivity contribution is 6.31. The highest BCUT2D eigenvalue weighted by Gasteiger charge is 2.47. The van der Waals surface area contributed by atoms with Gasteiger partial charge in [0.25, 0.3) is 5.92 Å². The minimum Gasteiger partial charge on any atom is -0.447 e. The van der Waals surface area contributed by atoms with Gasteiger partial charge in [-0.1, -0.05) is 35.9 Å². The topological polar surface area (TPSA) is 87.7 Å². The number of alkyl carbamates (subject to hydrolysis) is 1. The molecule has 0 bridgehead atoms. The lowest BCUT2D eigenvalue weighted by atomic mass is 9.87. The third-order valence-electron chi connectivity index (χ3n) is 5.22. The fourth-order valence-electron chi connectivity index (χ4n) is 3.69. The van der Waals surface area contributed by atoms with Crippen LogP contribution in [-0.2, 0) is 14.3 Å². The predicted molar refractivity (Wildman–Crippen MR) is 124 cm³/mol. The Kier molecular flexibility index (Phi) is 8.26. The van der Waals surface area contributed by atoms with E-state index < -0.39 is 67.2 Å². The minimum absolute atomic E-state index is 0.00744. The molecular formula is C24H25ClF3N3O4. The second-order valence-corrected chi connectivity index (χ2v) is 8.85. The summed E-state index contributed by atoms with van der Waals surface area (Å²) in [5.41, 5.74) is 0.202. The van der Waals surface area contributed by atoms with Crippen LogP contribution in [0.1, 0.15) is 38.3 Å². The van der Waals surface area contributed by atoms with Crippen LogP contribution in [0.2, 0.25) is 5.02 Å². The molecule has 2 aromatic carbocycles. The first kappa shape index (κ1) is 26.3. The number of carbonyl (C=O) groups excluding carboxylic acids is 3. The smallest absolute Gasteiger partial charge is 0.407 e. The van der Waals surface area contributed by atoms with Crippen LogP contribution in [0.15, 0.2) is 48.5 Å². The predicted octanol–water partition coefficient (Wildman–Crippen LogP) is 4.60. The second kappa shape index (κ2) is 11.0. The summed E-state index contributed by atoms with van der Waals surface area (Å²) in [4.78, 5) is 39.6. The number of benzene rings is 2. The van der Waals surface area contributed by atoms with E-state index in [9.17, 15) is 27.6 Å². The number of anilines is 1. The number of amides is 3. The van der Waals surface area contributed by atoms with E-state index in [0.29, 0.717) is 0 Å². The van der Waals surface area contributed by atoms with E-state index in [1.165, 1.54) is 24.3 Å². The van der Waals surface area contributed by atoms with Gasteiger partial charge < -0.3 is 15.4 Å². The molecule has 1 unspecified atom stereocenters. The Morgan fingerprint density at radius 2 is 1.83 bits per heavy atom. The van der Waals surface area contributed by atoms with Gasteiger partial charge in [0, 0.05) is 35.2 Å². The summed E-state index contributed by atoms with van der Waals surface area (Å²) in [7, 11) is 0. The maximum atomic E-state index is 14.1. The standard InChI is InChI=1S/C24H25ClF3N3O4/c1-14(2)35-23(34)29-13-20(32)31(17-7-5-6-15(26)10-17)21(18-8-3-4-9-19(18)25)22(33)30-16-11-24(27,28)12-16/h3-10,14,16,21H,11-13H2,1-2H3,(H,29,34)(H,30,33). The third-order valence-corrected chi connectivity index (χ3v) is 5.57. The van der Waals surface area contributed by atoms with Gasteiger partial charge in [-0.25, -0.2) is 18.0 Å². The van der Waals surface area contributed by atoms with Gasteiger partial charge in [-0.15, -0.1) is 0 Å². The monoisotopic (exact) mass is 511 g/mol. The van der Waals surface area contributed by atoms with Gasteiger partial charge in [-0.3, -0.25) is 14.5 Å². The van der Waals surface area contributed by atoms with Crippen LogP contribution in [0.5, 0.6) is 0 Å². The van der Waals surface area contributed by atoms with Crippen LogP contribution >= 0.6 is 11.6 Å². The molecule has 3 amide bonds. The van der Waals surface area contributed by atoms with E-state index in [0.717, 1.165) is 17.0 Å². The summed E-state index contributed by atoms with van der Waals surface area (Å²) in [5, 5.41) is 4.97. The number of ether oxygens (including phenoxy) is 1. The lowest BCUT2D eigenvalue weighted by molar-refractivity contribution is -0.132. The van der Waals surface area contributed by atoms with Crippen LogP contribution in [0.25, 0.3) is 0 Å². The summed E-state index contributed by atoms with van der Waals surface area (Å²) in [6, 6.07) is 8.92. The van der Waals surface area contributed by atoms with Gasteiger partial charge in [0.1, 0.15) is 18.4 Å². The molecule has 2 aromatic rings. The molecule has 1 aliphatic carbocycles. The van der Waals surface area contributed by atoms with Crippen LogP contribution in [-0.4, -0.2) is 42.5 Å². The van der Waals surface area contributed by atoms with Crippen LogP contribution in [0.4, 0.5) is 23.7 Å². The Labute approximate surface area is 205 Å². The van der Waals surface area contributed by atoms with Crippen molar-refractivity contribution >= 4 is 35.2 Å². The average Bonchev–Trinajstić information content (AvgIpc) is 2.74. The molecule has 1 fully saturated rings. The molecule has 0 spiro atoms. The molecule has 11 heteroatoms. The molecule has 0 saturated heterocycles. The molecule has 7 nitrogen and oxygen atoms in total. The van der Waals surface area contributed by atoms with Gasteiger partial charge in [0.2, 0.25) is 11.8 Å². The van der Waals surface area contributed by atoms with Crippen molar-refractivity contribution in [1.29, 1.82) is 0 Å². The summed E-state index contributed by atoms with van der Waals surface area (Å²) >= 11 is 6.34. The number of halogens is 4. The van der Waals surface area contributed by atoms with Gasteiger partial charge in [-0.2, -0.15) is 0 Å². The maximum Gasteiger partial charge on any atom is 0.407 e. The highest BCUT2D eigenvalue weighted by Crippen LogP contribution is 2.38. The first-order valence-corrected chi connectivity index (χ1v) is 11.3. The molecule has 0 radical (unpaired) electrons. The molecule has 1 atom stereocenters. The average molecular weight is 512 g/mol. The fraction of sp³-hybridized carbons (Fsp3) is 0.375. The van der Waals surface area contributed by atoms with Crippen molar-refractivity contribution in [3.05, 3.63) is 64.9 Å². The molecule has 2 N–H and O–H groups in total. The SMILES string of the molecule is CC(C)OC(=O)NCC(=O)N(c1cccc(F)c1)C(C(=O)NC1CC(F)(F)C1)c1ccccc1Cl. The molecule has 0 aliphatic heterocycles. The van der Waals surface area contributed by atoms with E-state index in [-0.39, 0.29) is 16.3 Å². The van der Waals surface area contributed by atoms with Crippen molar-refractivity contribution in [3.63, 3.8) is 0 Å². The second-order valence-electron chi connectivity index (χ2n) is 8.44. The van der Waals surface area contributed by atoms with Gasteiger partial charge in [0.05, 0.1) is 6.10 Å². The summed E-state index contributed by atoms with van der Waals surface area (Å²) in [6.07, 6.45) is -2.37. The molecular weight excluding hydrogens is 487 g/mol. The van der Waals surface area contributed by atoms with Crippen LogP contribution in [0, 0.1) is 5.82 Å². The van der Waals surface area contributed by atoms with Crippen molar-refractivity contribution in [2.24, 2.45) is 0 Å². The minimum atomic E-state index is -2.88. The molecule has 1 aliphatic rings. The third kappa shape index (κ3) is 6.88. The van der Waals surface area contributed by atoms with E-state index in [4.69, 9.17) is 16.3 Å². The number of nitrogens with one attached hydrogen (secondary N) is 2. The van der Waals surface area contributed by atoms with Crippen LogP contribution in [0.3, 0.4) is 0 Å². The summed E-state index contributed by atoms with van der Waals surface area (Å²) in [6.45, 7) is 2.67. The Bertz CT molecular complexity index is 1090. The zero-order valence-electron chi connectivity index (χ0n) is 19.1. The van der Waals surface area contributed by atoms with Crippen molar-refractivity contribution in [3.8, 4) is 0 Å². The Morgan fingerprint density at radius 3 is 2.43 bits per heavy atom. The van der Waals surface area contributed by atoms with Gasteiger partial charge >= 0.3 is 6.09 Å². The molecule has 188 valence electrons. The Balaban J connectivity index is 1.98. The van der Waals surface area contributed by atoms with E-state index in [2.05, 4.69) is 10.6 Å². The number of rotatable bonds is 8. The molecule has 0 heterocycles. The van der Waals surface area contributed by atoms with Crippen LogP contribution < -0.4 is 15.5 Å². The normalized spacial score (nSPS) is 15.6. The van der Waals surface area contributed by atoms with Crippen molar-refractivity contribution < 1.29 is 32.3 Å². The molecule has 35 heavy (non-hydrogen) atoms. The Hall–Kier alpha value is -3.27. The zero-order valence-corrected chi connectivity index (χ0v) is 19.8. The number of nitrogens with zero attached hydrogens (tertiary/aromatic N) is 1. The largest absolute Gasteiger partial charge is 0.447 e. The zero-order chi connectivity index (χ0) is 25.8. The Morgan fingerprint density at radius 1 is 1.14 bits per heavy atom. The number of alkyl halides is 2.